The van der Waals surface area contributed by atoms with Gasteiger partial charge in [-0.15, -0.1) is 5.10 Å². The summed E-state index contributed by atoms with van der Waals surface area (Å²) in [7, 11) is 0. The van der Waals surface area contributed by atoms with Crippen molar-refractivity contribution in [3.05, 3.63) is 11.8 Å². The van der Waals surface area contributed by atoms with Crippen LogP contribution in [0.5, 0.6) is 0 Å². The maximum atomic E-state index is 11.4. The van der Waals surface area contributed by atoms with Crippen molar-refractivity contribution >= 4 is 17.9 Å². The summed E-state index contributed by atoms with van der Waals surface area (Å²) < 4.78 is 10.00. The molecule has 2 heterocycles. The van der Waals surface area contributed by atoms with Crippen LogP contribution in [0.4, 0.5) is 11.9 Å². The monoisotopic (exact) mass is 292 g/mol. The molecule has 1 aromatic heterocycles. The van der Waals surface area contributed by atoms with Crippen LogP contribution >= 0.6 is 0 Å². The van der Waals surface area contributed by atoms with Crippen LogP contribution < -0.4 is 10.2 Å². The smallest absolute Gasteiger partial charge is 0.350 e. The SMILES string of the molecule is CCOC(=O)/C(C#N)=C\Nc1nc(N2CCOCC2)n[nH]1. The summed E-state index contributed by atoms with van der Waals surface area (Å²) in [5.74, 6) is 0.206. The lowest BCUT2D eigenvalue weighted by atomic mass is 10.3. The highest BCUT2D eigenvalue weighted by Crippen LogP contribution is 2.11. The zero-order chi connectivity index (χ0) is 15.1. The van der Waals surface area contributed by atoms with E-state index in [0.29, 0.717) is 25.1 Å². The van der Waals surface area contributed by atoms with Crippen molar-refractivity contribution in [2.45, 2.75) is 6.92 Å². The summed E-state index contributed by atoms with van der Waals surface area (Å²) in [6.45, 7) is 4.60. The van der Waals surface area contributed by atoms with E-state index in [1.54, 1.807) is 13.0 Å². The molecule has 0 atom stereocenters. The Balaban J connectivity index is 1.98. The van der Waals surface area contributed by atoms with Crippen molar-refractivity contribution in [1.82, 2.24) is 15.2 Å². The van der Waals surface area contributed by atoms with Crippen LogP contribution in [-0.2, 0) is 14.3 Å². The molecule has 1 aliphatic rings. The minimum Gasteiger partial charge on any atom is -0.462 e. The van der Waals surface area contributed by atoms with Gasteiger partial charge < -0.3 is 19.7 Å². The third kappa shape index (κ3) is 3.93. The van der Waals surface area contributed by atoms with Gasteiger partial charge in [0.05, 0.1) is 19.8 Å². The van der Waals surface area contributed by atoms with Crippen LogP contribution in [0, 0.1) is 11.3 Å². The summed E-state index contributed by atoms with van der Waals surface area (Å²) >= 11 is 0. The van der Waals surface area contributed by atoms with Crippen LogP contribution in [-0.4, -0.2) is 54.1 Å². The molecule has 0 unspecified atom stereocenters. The quantitative estimate of drug-likeness (QED) is 0.443. The zero-order valence-corrected chi connectivity index (χ0v) is 11.6. The first kappa shape index (κ1) is 14.8. The largest absolute Gasteiger partial charge is 0.462 e. The minimum atomic E-state index is -0.680. The molecule has 1 aromatic rings. The Bertz CT molecular complexity index is 556. The van der Waals surface area contributed by atoms with Gasteiger partial charge >= 0.3 is 5.97 Å². The number of anilines is 2. The number of ether oxygens (including phenoxy) is 2. The predicted molar refractivity (Wildman–Crippen MR) is 73.4 cm³/mol. The predicted octanol–water partition coefficient (Wildman–Crippen LogP) is 0.0238. The maximum absolute atomic E-state index is 11.4. The molecule has 0 bridgehead atoms. The first-order valence-electron chi connectivity index (χ1n) is 6.53. The Morgan fingerprint density at radius 1 is 1.62 bits per heavy atom. The Morgan fingerprint density at radius 2 is 2.38 bits per heavy atom. The first-order valence-corrected chi connectivity index (χ1v) is 6.53. The molecular formula is C12H16N6O3. The maximum Gasteiger partial charge on any atom is 0.350 e. The molecule has 9 nitrogen and oxygen atoms in total. The Kier molecular flexibility index (Phi) is 5.11. The molecule has 2 rings (SSSR count). The van der Waals surface area contributed by atoms with Gasteiger partial charge in [-0.1, -0.05) is 0 Å². The summed E-state index contributed by atoms with van der Waals surface area (Å²) in [5, 5.41) is 18.4. The van der Waals surface area contributed by atoms with E-state index in [1.807, 2.05) is 4.90 Å². The molecule has 9 heteroatoms. The number of carbonyl (C=O) groups is 1. The van der Waals surface area contributed by atoms with Crippen LogP contribution in [0.25, 0.3) is 0 Å². The number of nitrogens with zero attached hydrogens (tertiary/aromatic N) is 4. The van der Waals surface area contributed by atoms with Crippen molar-refractivity contribution in [3.8, 4) is 6.07 Å². The molecule has 0 spiro atoms. The highest BCUT2D eigenvalue weighted by molar-refractivity contribution is 5.93. The number of rotatable bonds is 5. The van der Waals surface area contributed by atoms with E-state index in [0.717, 1.165) is 13.1 Å². The Hall–Kier alpha value is -2.60. The summed E-state index contributed by atoms with van der Waals surface area (Å²) in [4.78, 5) is 17.6. The van der Waals surface area contributed by atoms with Gasteiger partial charge in [0.25, 0.3) is 0 Å². The van der Waals surface area contributed by atoms with E-state index >= 15 is 0 Å². The number of H-pyrrole nitrogens is 1. The molecule has 0 saturated carbocycles. The van der Waals surface area contributed by atoms with Gasteiger partial charge in [0, 0.05) is 19.3 Å². The second-order valence-electron chi connectivity index (χ2n) is 4.12. The standard InChI is InChI=1S/C12H16N6O3/c1-2-21-10(19)9(7-13)8-14-11-15-12(17-16-11)18-3-5-20-6-4-18/h8H,2-6H2,1H3,(H2,14,15,16,17)/b9-8-. The average Bonchev–Trinajstić information content (AvgIpc) is 2.98. The van der Waals surface area contributed by atoms with Crippen molar-refractivity contribution in [3.63, 3.8) is 0 Å². The Morgan fingerprint density at radius 3 is 3.05 bits per heavy atom. The highest BCUT2D eigenvalue weighted by Gasteiger charge is 2.15. The molecule has 112 valence electrons. The fourth-order valence-electron chi connectivity index (χ4n) is 1.71. The number of esters is 1. The van der Waals surface area contributed by atoms with Gasteiger partial charge in [-0.25, -0.2) is 9.89 Å². The van der Waals surface area contributed by atoms with Crippen LogP contribution in [0.2, 0.25) is 0 Å². The molecule has 1 fully saturated rings. The van der Waals surface area contributed by atoms with Crippen LogP contribution in [0.1, 0.15) is 6.92 Å². The third-order valence-corrected chi connectivity index (χ3v) is 2.74. The van der Waals surface area contributed by atoms with Gasteiger partial charge in [-0.05, 0) is 6.92 Å². The van der Waals surface area contributed by atoms with Gasteiger partial charge in [-0.3, -0.25) is 0 Å². The number of nitriles is 1. The van der Waals surface area contributed by atoms with E-state index in [2.05, 4.69) is 20.5 Å². The normalized spacial score (nSPS) is 15.4. The minimum absolute atomic E-state index is 0.138. The number of hydrogen-bond donors (Lipinski definition) is 2. The molecule has 0 aromatic carbocycles. The van der Waals surface area contributed by atoms with E-state index in [-0.39, 0.29) is 12.2 Å². The average molecular weight is 292 g/mol. The number of morpholine rings is 1. The topological polar surface area (TPSA) is 116 Å². The van der Waals surface area contributed by atoms with E-state index in [1.165, 1.54) is 6.20 Å². The van der Waals surface area contributed by atoms with E-state index in [4.69, 9.17) is 14.7 Å². The fraction of sp³-hybridized carbons (Fsp3) is 0.500. The van der Waals surface area contributed by atoms with E-state index in [9.17, 15) is 4.79 Å². The van der Waals surface area contributed by atoms with Crippen molar-refractivity contribution < 1.29 is 14.3 Å². The Labute approximate surface area is 121 Å². The van der Waals surface area contributed by atoms with E-state index < -0.39 is 5.97 Å². The van der Waals surface area contributed by atoms with Crippen molar-refractivity contribution in [1.29, 1.82) is 5.26 Å². The lowest BCUT2D eigenvalue weighted by Crippen LogP contribution is -2.36. The van der Waals surface area contributed by atoms with Gasteiger partial charge in [-0.2, -0.15) is 10.2 Å². The lowest BCUT2D eigenvalue weighted by molar-refractivity contribution is -0.138. The molecule has 0 radical (unpaired) electrons. The van der Waals surface area contributed by atoms with Gasteiger partial charge in [0.2, 0.25) is 11.9 Å². The number of aromatic amines is 1. The van der Waals surface area contributed by atoms with Gasteiger partial charge in [0.1, 0.15) is 6.07 Å². The number of aromatic nitrogens is 3. The molecule has 2 N–H and O–H groups in total. The zero-order valence-electron chi connectivity index (χ0n) is 11.6. The molecule has 21 heavy (non-hydrogen) atoms. The molecule has 1 aliphatic heterocycles. The second kappa shape index (κ2) is 7.25. The summed E-state index contributed by atoms with van der Waals surface area (Å²) in [5.41, 5.74) is -0.138. The summed E-state index contributed by atoms with van der Waals surface area (Å²) in [6.07, 6.45) is 1.24. The number of carbonyl (C=O) groups excluding carboxylic acids is 1. The number of nitrogens with one attached hydrogen (secondary N) is 2. The number of hydrogen-bond acceptors (Lipinski definition) is 8. The third-order valence-electron chi connectivity index (χ3n) is 2.74. The fourth-order valence-corrected chi connectivity index (χ4v) is 1.71. The van der Waals surface area contributed by atoms with Crippen molar-refractivity contribution in [2.75, 3.05) is 43.1 Å². The van der Waals surface area contributed by atoms with Gasteiger partial charge in [0.15, 0.2) is 5.57 Å². The molecule has 0 aliphatic carbocycles. The first-order chi connectivity index (χ1) is 10.2. The van der Waals surface area contributed by atoms with Crippen LogP contribution in [0.15, 0.2) is 11.8 Å². The summed E-state index contributed by atoms with van der Waals surface area (Å²) in [6, 6.07) is 1.76. The lowest BCUT2D eigenvalue weighted by Gasteiger charge is -2.25. The molecule has 0 amide bonds. The van der Waals surface area contributed by atoms with Crippen LogP contribution in [0.3, 0.4) is 0 Å². The molecule has 1 saturated heterocycles. The second-order valence-corrected chi connectivity index (χ2v) is 4.12. The molecular weight excluding hydrogens is 276 g/mol. The van der Waals surface area contributed by atoms with Crippen molar-refractivity contribution in [2.24, 2.45) is 0 Å². The highest BCUT2D eigenvalue weighted by atomic mass is 16.5.